The maximum Gasteiger partial charge on any atom is 0.0501 e. The highest BCUT2D eigenvalue weighted by molar-refractivity contribution is 5.34. The molecule has 1 rings (SSSR count). The number of rotatable bonds is 5. The molecule has 0 aliphatic carbocycles. The molecule has 0 bridgehead atoms. The summed E-state index contributed by atoms with van der Waals surface area (Å²) in [6.45, 7) is 6.85. The first-order valence-corrected chi connectivity index (χ1v) is 5.74. The van der Waals surface area contributed by atoms with E-state index in [1.807, 2.05) is 12.1 Å². The van der Waals surface area contributed by atoms with Gasteiger partial charge in [-0.3, -0.25) is 4.98 Å². The van der Waals surface area contributed by atoms with Gasteiger partial charge in [0, 0.05) is 5.69 Å². The van der Waals surface area contributed by atoms with Gasteiger partial charge in [0.15, 0.2) is 0 Å². The third kappa shape index (κ3) is 4.32. The summed E-state index contributed by atoms with van der Waals surface area (Å²) in [6.07, 6.45) is 6.59. The minimum Gasteiger partial charge on any atom is -0.397 e. The summed E-state index contributed by atoms with van der Waals surface area (Å²) >= 11 is 0. The second-order valence-electron chi connectivity index (χ2n) is 5.03. The van der Waals surface area contributed by atoms with Crippen molar-refractivity contribution in [2.45, 2.75) is 46.5 Å². The Morgan fingerprint density at radius 1 is 1.33 bits per heavy atom. The van der Waals surface area contributed by atoms with Gasteiger partial charge in [-0.05, 0) is 30.4 Å². The van der Waals surface area contributed by atoms with Crippen LogP contribution in [-0.2, 0) is 6.42 Å². The lowest BCUT2D eigenvalue weighted by Gasteiger charge is -2.23. The van der Waals surface area contributed by atoms with Gasteiger partial charge in [-0.15, -0.1) is 0 Å². The molecule has 15 heavy (non-hydrogen) atoms. The standard InChI is InChI=1S/C13H22N2/c1-4-5-8-13(2,3)9-12-7-6-11(14)10-15-12/h6-7,10H,4-5,8-9,14H2,1-3H3. The predicted molar refractivity (Wildman–Crippen MR) is 65.7 cm³/mol. The van der Waals surface area contributed by atoms with Crippen molar-refractivity contribution in [3.05, 3.63) is 24.0 Å². The van der Waals surface area contributed by atoms with Crippen molar-refractivity contribution in [1.82, 2.24) is 4.98 Å². The van der Waals surface area contributed by atoms with E-state index in [2.05, 4.69) is 25.8 Å². The lowest BCUT2D eigenvalue weighted by molar-refractivity contribution is 0.318. The molecule has 2 heteroatoms. The molecule has 1 aromatic heterocycles. The highest BCUT2D eigenvalue weighted by atomic mass is 14.7. The molecule has 0 aromatic carbocycles. The second kappa shape index (κ2) is 5.15. The molecular weight excluding hydrogens is 184 g/mol. The summed E-state index contributed by atoms with van der Waals surface area (Å²) in [4.78, 5) is 4.35. The molecule has 0 atom stereocenters. The van der Waals surface area contributed by atoms with Gasteiger partial charge >= 0.3 is 0 Å². The van der Waals surface area contributed by atoms with E-state index in [0.717, 1.165) is 17.8 Å². The maximum absolute atomic E-state index is 5.61. The predicted octanol–water partition coefficient (Wildman–Crippen LogP) is 3.42. The minimum atomic E-state index is 0.346. The minimum absolute atomic E-state index is 0.346. The Morgan fingerprint density at radius 2 is 2.07 bits per heavy atom. The van der Waals surface area contributed by atoms with Crippen molar-refractivity contribution < 1.29 is 0 Å². The van der Waals surface area contributed by atoms with E-state index in [-0.39, 0.29) is 0 Å². The van der Waals surface area contributed by atoms with Crippen LogP contribution in [0.15, 0.2) is 18.3 Å². The van der Waals surface area contributed by atoms with E-state index < -0.39 is 0 Å². The lowest BCUT2D eigenvalue weighted by Crippen LogP contribution is -2.15. The molecule has 2 nitrogen and oxygen atoms in total. The zero-order chi connectivity index (χ0) is 11.3. The number of nitrogens with two attached hydrogens (primary N) is 1. The van der Waals surface area contributed by atoms with Crippen LogP contribution in [0.1, 0.15) is 45.7 Å². The molecule has 0 aliphatic rings. The number of pyridine rings is 1. The maximum atomic E-state index is 5.61. The van der Waals surface area contributed by atoms with Crippen molar-refractivity contribution in [3.8, 4) is 0 Å². The largest absolute Gasteiger partial charge is 0.397 e. The van der Waals surface area contributed by atoms with Gasteiger partial charge in [-0.25, -0.2) is 0 Å². The molecular formula is C13H22N2. The van der Waals surface area contributed by atoms with Gasteiger partial charge in [0.05, 0.1) is 11.9 Å². The number of hydrogen-bond acceptors (Lipinski definition) is 2. The average Bonchev–Trinajstić information content (AvgIpc) is 2.18. The first-order valence-electron chi connectivity index (χ1n) is 5.74. The van der Waals surface area contributed by atoms with Gasteiger partial charge in [-0.1, -0.05) is 33.6 Å². The van der Waals surface area contributed by atoms with Crippen molar-refractivity contribution in [2.24, 2.45) is 5.41 Å². The van der Waals surface area contributed by atoms with Crippen LogP contribution in [0.25, 0.3) is 0 Å². The third-order valence-corrected chi connectivity index (χ3v) is 2.71. The topological polar surface area (TPSA) is 38.9 Å². The summed E-state index contributed by atoms with van der Waals surface area (Å²) in [6, 6.07) is 3.96. The van der Waals surface area contributed by atoms with Crippen LogP contribution in [0.4, 0.5) is 5.69 Å². The zero-order valence-corrected chi connectivity index (χ0v) is 10.1. The number of nitrogen functional groups attached to an aromatic ring is 1. The van der Waals surface area contributed by atoms with Gasteiger partial charge in [0.25, 0.3) is 0 Å². The molecule has 1 aromatic rings. The van der Waals surface area contributed by atoms with E-state index in [1.165, 1.54) is 19.3 Å². The van der Waals surface area contributed by atoms with Crippen molar-refractivity contribution in [1.29, 1.82) is 0 Å². The number of anilines is 1. The van der Waals surface area contributed by atoms with Crippen molar-refractivity contribution >= 4 is 5.69 Å². The molecule has 0 saturated carbocycles. The van der Waals surface area contributed by atoms with E-state index in [0.29, 0.717) is 5.41 Å². The number of aromatic nitrogens is 1. The molecule has 0 aliphatic heterocycles. The van der Waals surface area contributed by atoms with Crippen LogP contribution in [0, 0.1) is 5.41 Å². The quantitative estimate of drug-likeness (QED) is 0.801. The average molecular weight is 206 g/mol. The van der Waals surface area contributed by atoms with Crippen LogP contribution in [0.3, 0.4) is 0 Å². The van der Waals surface area contributed by atoms with Gasteiger partial charge < -0.3 is 5.73 Å². The second-order valence-corrected chi connectivity index (χ2v) is 5.03. The fourth-order valence-corrected chi connectivity index (χ4v) is 1.77. The smallest absolute Gasteiger partial charge is 0.0501 e. The van der Waals surface area contributed by atoms with Crippen LogP contribution < -0.4 is 5.73 Å². The molecule has 1 heterocycles. The summed E-state index contributed by atoms with van der Waals surface area (Å²) in [5.41, 5.74) is 7.84. The SMILES string of the molecule is CCCCC(C)(C)Cc1ccc(N)cn1. The van der Waals surface area contributed by atoms with Crippen LogP contribution >= 0.6 is 0 Å². The lowest BCUT2D eigenvalue weighted by atomic mass is 9.82. The third-order valence-electron chi connectivity index (χ3n) is 2.71. The zero-order valence-electron chi connectivity index (χ0n) is 10.1. The Balaban J connectivity index is 2.56. The molecule has 0 radical (unpaired) electrons. The van der Waals surface area contributed by atoms with Gasteiger partial charge in [0.2, 0.25) is 0 Å². The van der Waals surface area contributed by atoms with Crippen molar-refractivity contribution in [3.63, 3.8) is 0 Å². The number of nitrogens with zero attached hydrogens (tertiary/aromatic N) is 1. The van der Waals surface area contributed by atoms with Crippen LogP contribution in [-0.4, -0.2) is 4.98 Å². The molecule has 2 N–H and O–H groups in total. The Bertz CT molecular complexity index is 288. The van der Waals surface area contributed by atoms with Gasteiger partial charge in [-0.2, -0.15) is 0 Å². The van der Waals surface area contributed by atoms with E-state index in [1.54, 1.807) is 6.20 Å². The fourth-order valence-electron chi connectivity index (χ4n) is 1.77. The van der Waals surface area contributed by atoms with Crippen molar-refractivity contribution in [2.75, 3.05) is 5.73 Å². The van der Waals surface area contributed by atoms with Crippen LogP contribution in [0.2, 0.25) is 0 Å². The number of unbranched alkanes of at least 4 members (excludes halogenated alkanes) is 1. The Kier molecular flexibility index (Phi) is 4.13. The van der Waals surface area contributed by atoms with Crippen LogP contribution in [0.5, 0.6) is 0 Å². The fraction of sp³-hybridized carbons (Fsp3) is 0.615. The highest BCUT2D eigenvalue weighted by Gasteiger charge is 2.18. The molecule has 0 saturated heterocycles. The Labute approximate surface area is 92.9 Å². The Hall–Kier alpha value is -1.05. The summed E-state index contributed by atoms with van der Waals surface area (Å²) in [5, 5.41) is 0. The van der Waals surface area contributed by atoms with E-state index >= 15 is 0 Å². The molecule has 0 unspecified atom stereocenters. The summed E-state index contributed by atoms with van der Waals surface area (Å²) in [5.74, 6) is 0. The first-order chi connectivity index (χ1) is 7.03. The monoisotopic (exact) mass is 206 g/mol. The molecule has 0 fully saturated rings. The highest BCUT2D eigenvalue weighted by Crippen LogP contribution is 2.27. The first kappa shape index (κ1) is 12.0. The van der Waals surface area contributed by atoms with E-state index in [9.17, 15) is 0 Å². The molecule has 0 spiro atoms. The molecule has 0 amide bonds. The number of hydrogen-bond donors (Lipinski definition) is 1. The normalized spacial score (nSPS) is 11.7. The Morgan fingerprint density at radius 3 is 2.60 bits per heavy atom. The summed E-state index contributed by atoms with van der Waals surface area (Å²) < 4.78 is 0. The van der Waals surface area contributed by atoms with Gasteiger partial charge in [0.1, 0.15) is 0 Å². The van der Waals surface area contributed by atoms with E-state index in [4.69, 9.17) is 5.73 Å². The molecule has 84 valence electrons. The summed E-state index contributed by atoms with van der Waals surface area (Å²) in [7, 11) is 0.